The van der Waals surface area contributed by atoms with Crippen molar-refractivity contribution < 1.29 is 17.9 Å². The third kappa shape index (κ3) is 5.93. The first-order chi connectivity index (χ1) is 14.0. The number of hydrogen-bond donors (Lipinski definition) is 1. The first kappa shape index (κ1) is 22.1. The molecule has 0 radical (unpaired) electrons. The molecule has 0 atom stereocenters. The Morgan fingerprint density at radius 3 is 2.17 bits per heavy atom. The van der Waals surface area contributed by atoms with Gasteiger partial charge in [-0.2, -0.15) is 4.31 Å². The van der Waals surface area contributed by atoms with E-state index in [0.717, 1.165) is 12.8 Å². The Labute approximate surface area is 174 Å². The van der Waals surface area contributed by atoms with Crippen LogP contribution in [0.3, 0.4) is 0 Å². The zero-order valence-corrected chi connectivity index (χ0v) is 18.1. The second-order valence-electron chi connectivity index (χ2n) is 7.88. The van der Waals surface area contributed by atoms with Crippen LogP contribution in [-0.2, 0) is 14.8 Å². The third-order valence-corrected chi connectivity index (χ3v) is 7.85. The van der Waals surface area contributed by atoms with Gasteiger partial charge in [0.15, 0.2) is 0 Å². The number of piperazine rings is 1. The summed E-state index contributed by atoms with van der Waals surface area (Å²) in [4.78, 5) is 14.6. The summed E-state index contributed by atoms with van der Waals surface area (Å²) in [5.74, 6) is 0.685. The SMILES string of the molecule is COc1ccc(S(=O)(=O)N2CCN(C(=O)CNC3CCCCCCC3)CC2)cc1. The van der Waals surface area contributed by atoms with Crippen LogP contribution in [-0.4, -0.2) is 69.4 Å². The molecule has 1 aromatic carbocycles. The molecule has 29 heavy (non-hydrogen) atoms. The Kier molecular flexibility index (Phi) is 7.91. The molecule has 0 spiro atoms. The molecule has 1 amide bonds. The fraction of sp³-hybridized carbons (Fsp3) is 0.667. The molecule has 2 aliphatic rings. The van der Waals surface area contributed by atoms with E-state index in [9.17, 15) is 13.2 Å². The van der Waals surface area contributed by atoms with Crippen molar-refractivity contribution in [1.82, 2.24) is 14.5 Å². The average Bonchev–Trinajstić information content (AvgIpc) is 2.73. The Hall–Kier alpha value is -1.64. The van der Waals surface area contributed by atoms with Gasteiger partial charge in [0.1, 0.15) is 5.75 Å². The topological polar surface area (TPSA) is 79.0 Å². The summed E-state index contributed by atoms with van der Waals surface area (Å²) in [6, 6.07) is 6.84. The maximum absolute atomic E-state index is 12.8. The maximum atomic E-state index is 12.8. The van der Waals surface area contributed by atoms with E-state index < -0.39 is 10.0 Å². The minimum atomic E-state index is -3.55. The van der Waals surface area contributed by atoms with E-state index in [1.165, 1.54) is 36.4 Å². The smallest absolute Gasteiger partial charge is 0.243 e. The standard InChI is InChI=1S/C21H33N3O4S/c1-28-19-9-11-20(12-10-19)29(26,27)24-15-13-23(14-16-24)21(25)17-22-18-7-5-3-2-4-6-8-18/h9-12,18,22H,2-8,13-17H2,1H3. The molecule has 1 N–H and O–H groups in total. The van der Waals surface area contributed by atoms with Crippen molar-refractivity contribution in [3.8, 4) is 5.75 Å². The summed E-state index contributed by atoms with van der Waals surface area (Å²) in [6.07, 6.45) is 8.65. The molecule has 7 nitrogen and oxygen atoms in total. The number of amides is 1. The molecule has 1 aromatic rings. The van der Waals surface area contributed by atoms with E-state index in [1.54, 1.807) is 36.3 Å². The molecule has 2 fully saturated rings. The van der Waals surface area contributed by atoms with Crippen LogP contribution in [0.2, 0.25) is 0 Å². The second kappa shape index (κ2) is 10.4. The van der Waals surface area contributed by atoms with Gasteiger partial charge in [-0.05, 0) is 37.1 Å². The molecule has 1 aliphatic heterocycles. The molecular formula is C21H33N3O4S. The number of benzene rings is 1. The number of methoxy groups -OCH3 is 1. The molecule has 1 heterocycles. The van der Waals surface area contributed by atoms with Gasteiger partial charge in [0.2, 0.25) is 15.9 Å². The maximum Gasteiger partial charge on any atom is 0.243 e. The summed E-state index contributed by atoms with van der Waals surface area (Å²) < 4.78 is 32.2. The van der Waals surface area contributed by atoms with Gasteiger partial charge < -0.3 is 15.0 Å². The second-order valence-corrected chi connectivity index (χ2v) is 9.82. The van der Waals surface area contributed by atoms with Crippen molar-refractivity contribution >= 4 is 15.9 Å². The van der Waals surface area contributed by atoms with Crippen molar-refractivity contribution in [3.63, 3.8) is 0 Å². The highest BCUT2D eigenvalue weighted by molar-refractivity contribution is 7.89. The van der Waals surface area contributed by atoms with Gasteiger partial charge in [-0.3, -0.25) is 4.79 Å². The lowest BCUT2D eigenvalue weighted by atomic mass is 9.97. The van der Waals surface area contributed by atoms with Crippen LogP contribution in [0.5, 0.6) is 5.75 Å². The average molecular weight is 424 g/mol. The van der Waals surface area contributed by atoms with Crippen LogP contribution >= 0.6 is 0 Å². The van der Waals surface area contributed by atoms with Crippen LogP contribution in [0.25, 0.3) is 0 Å². The van der Waals surface area contributed by atoms with E-state index in [1.807, 2.05) is 0 Å². The largest absolute Gasteiger partial charge is 0.497 e. The molecule has 8 heteroatoms. The minimum Gasteiger partial charge on any atom is -0.497 e. The summed E-state index contributed by atoms with van der Waals surface area (Å²) >= 11 is 0. The Bertz CT molecular complexity index is 751. The van der Waals surface area contributed by atoms with Crippen LogP contribution in [0.4, 0.5) is 0 Å². The van der Waals surface area contributed by atoms with E-state index >= 15 is 0 Å². The monoisotopic (exact) mass is 423 g/mol. The molecule has 0 aromatic heterocycles. The van der Waals surface area contributed by atoms with E-state index in [0.29, 0.717) is 44.5 Å². The van der Waals surface area contributed by atoms with Gasteiger partial charge in [0, 0.05) is 32.2 Å². The number of nitrogens with zero attached hydrogens (tertiary/aromatic N) is 2. The zero-order valence-electron chi connectivity index (χ0n) is 17.3. The van der Waals surface area contributed by atoms with Crippen molar-refractivity contribution in [2.24, 2.45) is 0 Å². The third-order valence-electron chi connectivity index (χ3n) is 5.94. The molecule has 1 saturated heterocycles. The predicted octanol–water partition coefficient (Wildman–Crippen LogP) is 2.23. The fourth-order valence-electron chi connectivity index (χ4n) is 4.08. The lowest BCUT2D eigenvalue weighted by Crippen LogP contribution is -2.52. The van der Waals surface area contributed by atoms with E-state index in [2.05, 4.69) is 5.32 Å². The highest BCUT2D eigenvalue weighted by Crippen LogP contribution is 2.21. The van der Waals surface area contributed by atoms with Crippen LogP contribution < -0.4 is 10.1 Å². The number of nitrogens with one attached hydrogen (secondary N) is 1. The molecule has 162 valence electrons. The lowest BCUT2D eigenvalue weighted by Gasteiger charge is -2.34. The van der Waals surface area contributed by atoms with Crippen molar-refractivity contribution in [2.45, 2.75) is 55.9 Å². The normalized spacial score (nSPS) is 20.1. The van der Waals surface area contributed by atoms with E-state index in [4.69, 9.17) is 4.74 Å². The van der Waals surface area contributed by atoms with Crippen LogP contribution in [0, 0.1) is 0 Å². The summed E-state index contributed by atoms with van der Waals surface area (Å²) in [5.41, 5.74) is 0. The quantitative estimate of drug-likeness (QED) is 0.759. The predicted molar refractivity (Wildman–Crippen MR) is 112 cm³/mol. The molecule has 0 unspecified atom stereocenters. The Morgan fingerprint density at radius 1 is 1.00 bits per heavy atom. The molecule has 1 saturated carbocycles. The van der Waals surface area contributed by atoms with Gasteiger partial charge in [-0.25, -0.2) is 8.42 Å². The van der Waals surface area contributed by atoms with Crippen molar-refractivity contribution in [2.75, 3.05) is 39.8 Å². The number of hydrogen-bond acceptors (Lipinski definition) is 5. The van der Waals surface area contributed by atoms with Gasteiger partial charge in [0.05, 0.1) is 18.6 Å². The number of rotatable bonds is 6. The molecule has 0 bridgehead atoms. The lowest BCUT2D eigenvalue weighted by molar-refractivity contribution is -0.131. The first-order valence-electron chi connectivity index (χ1n) is 10.7. The van der Waals surface area contributed by atoms with Gasteiger partial charge in [0.25, 0.3) is 0 Å². The van der Waals surface area contributed by atoms with Crippen molar-refractivity contribution in [3.05, 3.63) is 24.3 Å². The summed E-state index contributed by atoms with van der Waals surface area (Å²) in [7, 11) is -2.00. The van der Waals surface area contributed by atoms with Crippen LogP contribution in [0.15, 0.2) is 29.2 Å². The molecular weight excluding hydrogens is 390 g/mol. The first-order valence-corrected chi connectivity index (χ1v) is 12.1. The van der Waals surface area contributed by atoms with Crippen LogP contribution in [0.1, 0.15) is 44.9 Å². The Morgan fingerprint density at radius 2 is 1.59 bits per heavy atom. The molecule has 3 rings (SSSR count). The highest BCUT2D eigenvalue weighted by Gasteiger charge is 2.30. The zero-order chi connectivity index (χ0) is 20.7. The van der Waals surface area contributed by atoms with Crippen molar-refractivity contribution in [1.29, 1.82) is 0 Å². The highest BCUT2D eigenvalue weighted by atomic mass is 32.2. The molecule has 1 aliphatic carbocycles. The number of ether oxygens (including phenoxy) is 1. The summed E-state index contributed by atoms with van der Waals surface area (Å²) in [5, 5.41) is 3.43. The van der Waals surface area contributed by atoms with Gasteiger partial charge >= 0.3 is 0 Å². The van der Waals surface area contributed by atoms with Gasteiger partial charge in [-0.15, -0.1) is 0 Å². The number of sulfonamides is 1. The Balaban J connectivity index is 1.48. The summed E-state index contributed by atoms with van der Waals surface area (Å²) in [6.45, 7) is 1.85. The minimum absolute atomic E-state index is 0.0635. The number of carbonyl (C=O) groups is 1. The number of carbonyl (C=O) groups excluding carboxylic acids is 1. The van der Waals surface area contributed by atoms with E-state index in [-0.39, 0.29) is 10.8 Å². The fourth-order valence-corrected chi connectivity index (χ4v) is 5.50. The van der Waals surface area contributed by atoms with Gasteiger partial charge in [-0.1, -0.05) is 32.1 Å².